The lowest BCUT2D eigenvalue weighted by Crippen LogP contribution is -2.37. The molecule has 0 bridgehead atoms. The molecule has 0 aliphatic carbocycles. The summed E-state index contributed by atoms with van der Waals surface area (Å²) in [6.45, 7) is 0.831. The Kier molecular flexibility index (Phi) is 4.58. The number of nitrogens with zero attached hydrogens (tertiary/aromatic N) is 2. The Labute approximate surface area is 138 Å². The maximum atomic E-state index is 11.3. The van der Waals surface area contributed by atoms with Crippen molar-refractivity contribution in [1.82, 2.24) is 4.31 Å². The Hall–Kier alpha value is -2.00. The first-order chi connectivity index (χ1) is 11.2. The highest BCUT2D eigenvalue weighted by molar-refractivity contribution is 7.76. The molecule has 118 valence electrons. The van der Waals surface area contributed by atoms with Crippen LogP contribution in [0.2, 0.25) is 0 Å². The van der Waals surface area contributed by atoms with Gasteiger partial charge in [0.05, 0.1) is 6.07 Å². The van der Waals surface area contributed by atoms with Gasteiger partial charge in [-0.25, -0.2) is 4.31 Å². The fourth-order valence-corrected chi connectivity index (χ4v) is 4.03. The van der Waals surface area contributed by atoms with Crippen molar-refractivity contribution in [1.29, 1.82) is 5.26 Å². The van der Waals surface area contributed by atoms with Crippen LogP contribution in [0.25, 0.3) is 0 Å². The van der Waals surface area contributed by atoms with Gasteiger partial charge >= 0.3 is 0 Å². The molecule has 23 heavy (non-hydrogen) atoms. The van der Waals surface area contributed by atoms with Crippen LogP contribution in [0, 0.1) is 17.2 Å². The van der Waals surface area contributed by atoms with Crippen LogP contribution in [-0.4, -0.2) is 26.2 Å². The van der Waals surface area contributed by atoms with Crippen molar-refractivity contribution >= 4 is 11.3 Å². The Morgan fingerprint density at radius 2 is 1.61 bits per heavy atom. The van der Waals surface area contributed by atoms with Crippen LogP contribution in [0.4, 0.5) is 0 Å². The van der Waals surface area contributed by atoms with E-state index in [9.17, 15) is 14.0 Å². The van der Waals surface area contributed by atoms with Gasteiger partial charge in [-0.05, 0) is 17.5 Å². The minimum absolute atomic E-state index is 0.0739. The van der Waals surface area contributed by atoms with Gasteiger partial charge in [0, 0.05) is 30.3 Å². The molecule has 1 saturated heterocycles. The van der Waals surface area contributed by atoms with E-state index < -0.39 is 16.7 Å². The zero-order valence-electron chi connectivity index (χ0n) is 12.6. The molecule has 0 spiro atoms. The second-order valence-electron chi connectivity index (χ2n) is 5.74. The monoisotopic (exact) mass is 325 g/mol. The van der Waals surface area contributed by atoms with Crippen molar-refractivity contribution < 1.29 is 8.76 Å². The first-order valence-corrected chi connectivity index (χ1v) is 8.58. The summed E-state index contributed by atoms with van der Waals surface area (Å²) in [4.78, 5) is 0. The van der Waals surface area contributed by atoms with Crippen molar-refractivity contribution in [3.63, 3.8) is 0 Å². The van der Waals surface area contributed by atoms with Crippen molar-refractivity contribution in [3.05, 3.63) is 71.8 Å². The molecule has 0 aromatic heterocycles. The Morgan fingerprint density at radius 3 is 2.00 bits per heavy atom. The molecule has 0 N–H and O–H groups in total. The van der Waals surface area contributed by atoms with Crippen molar-refractivity contribution in [3.8, 4) is 6.07 Å². The van der Waals surface area contributed by atoms with E-state index in [1.54, 1.807) is 0 Å². The number of hydrogen-bond acceptors (Lipinski definition) is 3. The number of hydrogen-bond donors (Lipinski definition) is 0. The van der Waals surface area contributed by atoms with Gasteiger partial charge in [0.2, 0.25) is 0 Å². The molecule has 0 saturated carbocycles. The minimum atomic E-state index is -2.24. The predicted octanol–water partition coefficient (Wildman–Crippen LogP) is 2.61. The second kappa shape index (κ2) is 6.63. The molecule has 3 rings (SSSR count). The van der Waals surface area contributed by atoms with Crippen LogP contribution < -0.4 is 0 Å². The smallest absolute Gasteiger partial charge is 0.111 e. The largest absolute Gasteiger partial charge is 0.760 e. The van der Waals surface area contributed by atoms with Crippen molar-refractivity contribution in [2.45, 2.75) is 11.8 Å². The maximum Gasteiger partial charge on any atom is 0.111 e. The third-order valence-corrected chi connectivity index (χ3v) is 5.36. The molecule has 2 aromatic rings. The van der Waals surface area contributed by atoms with Crippen LogP contribution in [0.1, 0.15) is 17.5 Å². The fourth-order valence-electron chi connectivity index (χ4n) is 3.48. The zero-order chi connectivity index (χ0) is 16.3. The Balaban J connectivity index is 2.11. The molecular weight excluding hydrogens is 308 g/mol. The van der Waals surface area contributed by atoms with E-state index in [-0.39, 0.29) is 5.92 Å². The number of nitriles is 1. The number of rotatable bonds is 4. The highest BCUT2D eigenvalue weighted by Crippen LogP contribution is 2.43. The van der Waals surface area contributed by atoms with Gasteiger partial charge in [-0.2, -0.15) is 5.26 Å². The standard InChI is InChI=1S/C18H18N2O2S/c19-14-18(15-7-3-1-4-8-15,16-9-5-2-6-10-16)17-11-12-20(13-17)23(21)22/h1-10,17H,11-13H2,(H,21,22)/p-1/t17-/m1/s1. The van der Waals surface area contributed by atoms with E-state index in [2.05, 4.69) is 6.07 Å². The van der Waals surface area contributed by atoms with Gasteiger partial charge in [-0.1, -0.05) is 60.7 Å². The van der Waals surface area contributed by atoms with Crippen LogP contribution in [0.5, 0.6) is 0 Å². The summed E-state index contributed by atoms with van der Waals surface area (Å²) in [5, 5.41) is 10.1. The maximum absolute atomic E-state index is 11.3. The lowest BCUT2D eigenvalue weighted by molar-refractivity contribution is 0.383. The summed E-state index contributed by atoms with van der Waals surface area (Å²) in [6, 6.07) is 21.8. The van der Waals surface area contributed by atoms with Gasteiger partial charge in [0.1, 0.15) is 5.41 Å². The lowest BCUT2D eigenvalue weighted by atomic mass is 9.66. The summed E-state index contributed by atoms with van der Waals surface area (Å²) in [6.07, 6.45) is 0.672. The third-order valence-electron chi connectivity index (χ3n) is 4.61. The van der Waals surface area contributed by atoms with Crippen LogP contribution >= 0.6 is 0 Å². The predicted molar refractivity (Wildman–Crippen MR) is 87.9 cm³/mol. The minimum Gasteiger partial charge on any atom is -0.760 e. The summed E-state index contributed by atoms with van der Waals surface area (Å²) in [5.74, 6) is -0.0739. The average Bonchev–Trinajstić information content (AvgIpc) is 3.09. The molecule has 1 aliphatic rings. The van der Waals surface area contributed by atoms with Crippen LogP contribution in [0.15, 0.2) is 60.7 Å². The Morgan fingerprint density at radius 1 is 1.09 bits per heavy atom. The molecule has 4 nitrogen and oxygen atoms in total. The van der Waals surface area contributed by atoms with Gasteiger partial charge in [-0.3, -0.25) is 4.21 Å². The molecular formula is C18H17N2O2S-. The highest BCUT2D eigenvalue weighted by atomic mass is 32.2. The number of benzene rings is 2. The van der Waals surface area contributed by atoms with E-state index >= 15 is 0 Å². The highest BCUT2D eigenvalue weighted by Gasteiger charge is 2.45. The van der Waals surface area contributed by atoms with Gasteiger partial charge in [0.25, 0.3) is 0 Å². The molecule has 1 fully saturated rings. The summed E-state index contributed by atoms with van der Waals surface area (Å²) in [5.41, 5.74) is 0.992. The lowest BCUT2D eigenvalue weighted by Gasteiger charge is -2.34. The van der Waals surface area contributed by atoms with E-state index in [0.29, 0.717) is 19.5 Å². The van der Waals surface area contributed by atoms with Gasteiger partial charge in [0.15, 0.2) is 0 Å². The molecule has 2 aromatic carbocycles. The molecule has 0 amide bonds. The van der Waals surface area contributed by atoms with Gasteiger partial charge in [-0.15, -0.1) is 0 Å². The van der Waals surface area contributed by atoms with E-state index in [0.717, 1.165) is 11.1 Å². The zero-order valence-corrected chi connectivity index (χ0v) is 13.4. The topological polar surface area (TPSA) is 67.2 Å². The molecule has 1 heterocycles. The normalized spacial score (nSPS) is 20.1. The first-order valence-electron chi connectivity index (χ1n) is 7.55. The quantitative estimate of drug-likeness (QED) is 0.812. The average molecular weight is 325 g/mol. The van der Waals surface area contributed by atoms with E-state index in [1.165, 1.54) is 4.31 Å². The summed E-state index contributed by atoms with van der Waals surface area (Å²) in [7, 11) is 0. The summed E-state index contributed by atoms with van der Waals surface area (Å²) >= 11 is -2.24. The van der Waals surface area contributed by atoms with E-state index in [1.807, 2.05) is 60.7 Å². The molecule has 0 radical (unpaired) electrons. The molecule has 1 unspecified atom stereocenters. The van der Waals surface area contributed by atoms with Crippen molar-refractivity contribution in [2.75, 3.05) is 13.1 Å². The Bertz CT molecular complexity index is 688. The first kappa shape index (κ1) is 15.9. The molecule has 1 aliphatic heterocycles. The fraction of sp³-hybridized carbons (Fsp3) is 0.278. The van der Waals surface area contributed by atoms with Crippen LogP contribution in [0.3, 0.4) is 0 Å². The molecule has 2 atom stereocenters. The third kappa shape index (κ3) is 2.81. The second-order valence-corrected chi connectivity index (χ2v) is 6.69. The van der Waals surface area contributed by atoms with Crippen molar-refractivity contribution in [2.24, 2.45) is 5.92 Å². The summed E-state index contributed by atoms with van der Waals surface area (Å²) < 4.78 is 24.0. The SMILES string of the molecule is N#CC(c1ccccc1)(c1ccccc1)[C@@H]1CCN(S(=O)[O-])C1. The van der Waals surface area contributed by atoms with E-state index in [4.69, 9.17) is 0 Å². The van der Waals surface area contributed by atoms with Crippen LogP contribution in [-0.2, 0) is 16.7 Å². The molecule has 5 heteroatoms. The van der Waals surface area contributed by atoms with Gasteiger partial charge < -0.3 is 4.55 Å².